The Labute approximate surface area is 105 Å². The lowest BCUT2D eigenvalue weighted by Gasteiger charge is -2.40. The SMILES string of the molecule is NCC(=O)NCC(=O)NCC1(CC(=O)O)CCC1. The van der Waals surface area contributed by atoms with Crippen molar-refractivity contribution in [2.75, 3.05) is 19.6 Å². The molecule has 0 atom stereocenters. The summed E-state index contributed by atoms with van der Waals surface area (Å²) >= 11 is 0. The largest absolute Gasteiger partial charge is 0.481 e. The molecular weight excluding hydrogens is 238 g/mol. The van der Waals surface area contributed by atoms with Crippen LogP contribution in [0.5, 0.6) is 0 Å². The van der Waals surface area contributed by atoms with Crippen molar-refractivity contribution < 1.29 is 19.5 Å². The van der Waals surface area contributed by atoms with Crippen LogP contribution in [0.15, 0.2) is 0 Å². The summed E-state index contributed by atoms with van der Waals surface area (Å²) in [4.78, 5) is 33.0. The normalized spacial score (nSPS) is 16.5. The third-order valence-corrected chi connectivity index (χ3v) is 3.23. The molecule has 7 heteroatoms. The lowest BCUT2D eigenvalue weighted by atomic mass is 9.66. The molecule has 0 saturated heterocycles. The van der Waals surface area contributed by atoms with Crippen molar-refractivity contribution in [2.24, 2.45) is 11.1 Å². The first-order valence-corrected chi connectivity index (χ1v) is 5.93. The van der Waals surface area contributed by atoms with Gasteiger partial charge in [-0.15, -0.1) is 0 Å². The first-order chi connectivity index (χ1) is 8.47. The van der Waals surface area contributed by atoms with Gasteiger partial charge in [-0.2, -0.15) is 0 Å². The monoisotopic (exact) mass is 257 g/mol. The number of hydrogen-bond acceptors (Lipinski definition) is 4. The topological polar surface area (TPSA) is 122 Å². The number of rotatable bonds is 7. The van der Waals surface area contributed by atoms with Crippen LogP contribution in [0, 0.1) is 5.41 Å². The quantitative estimate of drug-likeness (QED) is 0.457. The highest BCUT2D eigenvalue weighted by molar-refractivity contribution is 5.85. The number of amides is 2. The molecule has 0 aromatic carbocycles. The number of nitrogens with one attached hydrogen (secondary N) is 2. The van der Waals surface area contributed by atoms with Crippen molar-refractivity contribution in [2.45, 2.75) is 25.7 Å². The van der Waals surface area contributed by atoms with Crippen molar-refractivity contribution in [1.29, 1.82) is 0 Å². The van der Waals surface area contributed by atoms with Gasteiger partial charge in [0.2, 0.25) is 11.8 Å². The van der Waals surface area contributed by atoms with Crippen molar-refractivity contribution in [3.8, 4) is 0 Å². The molecule has 0 heterocycles. The lowest BCUT2D eigenvalue weighted by Crippen LogP contribution is -2.46. The van der Waals surface area contributed by atoms with E-state index in [9.17, 15) is 14.4 Å². The second kappa shape index (κ2) is 6.34. The number of aliphatic carboxylic acids is 1. The molecule has 5 N–H and O–H groups in total. The van der Waals surface area contributed by atoms with E-state index in [2.05, 4.69) is 10.6 Å². The van der Waals surface area contributed by atoms with Gasteiger partial charge >= 0.3 is 5.97 Å². The first-order valence-electron chi connectivity index (χ1n) is 5.93. The Morgan fingerprint density at radius 1 is 1.17 bits per heavy atom. The summed E-state index contributed by atoms with van der Waals surface area (Å²) in [6.07, 6.45) is 2.69. The molecule has 0 aromatic rings. The van der Waals surface area contributed by atoms with E-state index in [1.54, 1.807) is 0 Å². The molecule has 7 nitrogen and oxygen atoms in total. The van der Waals surface area contributed by atoms with E-state index >= 15 is 0 Å². The summed E-state index contributed by atoms with van der Waals surface area (Å²) in [6, 6.07) is 0. The van der Waals surface area contributed by atoms with Gasteiger partial charge in [0.25, 0.3) is 0 Å². The second-order valence-electron chi connectivity index (χ2n) is 4.68. The molecule has 0 bridgehead atoms. The van der Waals surface area contributed by atoms with E-state index < -0.39 is 11.9 Å². The van der Waals surface area contributed by atoms with Crippen molar-refractivity contribution in [1.82, 2.24) is 10.6 Å². The van der Waals surface area contributed by atoms with Crippen LogP contribution in [0.4, 0.5) is 0 Å². The summed E-state index contributed by atoms with van der Waals surface area (Å²) in [5, 5.41) is 13.8. The molecule has 0 unspecified atom stereocenters. The van der Waals surface area contributed by atoms with Crippen LogP contribution < -0.4 is 16.4 Å². The van der Waals surface area contributed by atoms with E-state index in [0.717, 1.165) is 19.3 Å². The minimum atomic E-state index is -0.847. The summed E-state index contributed by atoms with van der Waals surface area (Å²) < 4.78 is 0. The third kappa shape index (κ3) is 4.33. The fourth-order valence-corrected chi connectivity index (χ4v) is 2.01. The van der Waals surface area contributed by atoms with Gasteiger partial charge in [-0.1, -0.05) is 6.42 Å². The molecule has 102 valence electrons. The zero-order valence-electron chi connectivity index (χ0n) is 10.2. The molecule has 0 spiro atoms. The maximum absolute atomic E-state index is 11.4. The predicted molar refractivity (Wildman–Crippen MR) is 63.6 cm³/mol. The highest BCUT2D eigenvalue weighted by Crippen LogP contribution is 2.43. The second-order valence-corrected chi connectivity index (χ2v) is 4.68. The minimum Gasteiger partial charge on any atom is -0.481 e. The highest BCUT2D eigenvalue weighted by atomic mass is 16.4. The maximum Gasteiger partial charge on any atom is 0.303 e. The van der Waals surface area contributed by atoms with Gasteiger partial charge in [-0.25, -0.2) is 0 Å². The van der Waals surface area contributed by atoms with Gasteiger partial charge in [0.1, 0.15) is 0 Å². The number of carbonyl (C=O) groups excluding carboxylic acids is 2. The van der Waals surface area contributed by atoms with Gasteiger partial charge in [-0.3, -0.25) is 14.4 Å². The average Bonchev–Trinajstić information content (AvgIpc) is 2.28. The van der Waals surface area contributed by atoms with Crippen LogP contribution >= 0.6 is 0 Å². The Morgan fingerprint density at radius 2 is 1.83 bits per heavy atom. The molecule has 2 amide bonds. The Kier molecular flexibility index (Phi) is 5.08. The molecular formula is C11H19N3O4. The Hall–Kier alpha value is -1.63. The first kappa shape index (κ1) is 14.4. The zero-order chi connectivity index (χ0) is 13.6. The van der Waals surface area contributed by atoms with Crippen molar-refractivity contribution in [3.05, 3.63) is 0 Å². The Morgan fingerprint density at radius 3 is 2.28 bits per heavy atom. The van der Waals surface area contributed by atoms with Gasteiger partial charge < -0.3 is 21.5 Å². The van der Waals surface area contributed by atoms with Gasteiger partial charge in [0, 0.05) is 6.54 Å². The van der Waals surface area contributed by atoms with E-state index in [-0.39, 0.29) is 30.8 Å². The molecule has 1 saturated carbocycles. The summed E-state index contributed by atoms with van der Waals surface area (Å²) in [5.74, 6) is -1.57. The lowest BCUT2D eigenvalue weighted by molar-refractivity contribution is -0.141. The number of hydrogen-bond donors (Lipinski definition) is 4. The highest BCUT2D eigenvalue weighted by Gasteiger charge is 2.39. The number of carboxylic acids is 1. The molecule has 1 fully saturated rings. The van der Waals surface area contributed by atoms with Crippen LogP contribution in [0.1, 0.15) is 25.7 Å². The molecule has 0 aromatic heterocycles. The van der Waals surface area contributed by atoms with Crippen LogP contribution in [-0.2, 0) is 14.4 Å². The molecule has 18 heavy (non-hydrogen) atoms. The van der Waals surface area contributed by atoms with Gasteiger partial charge in [0.05, 0.1) is 19.5 Å². The summed E-state index contributed by atoms with van der Waals surface area (Å²) in [5.41, 5.74) is 4.77. The zero-order valence-corrected chi connectivity index (χ0v) is 10.2. The standard InChI is InChI=1S/C11H19N3O4/c12-5-8(15)13-6-9(16)14-7-11(2-1-3-11)4-10(17)18/h1-7,12H2,(H,13,15)(H,14,16)(H,17,18). The van der Waals surface area contributed by atoms with Gasteiger partial charge in [0.15, 0.2) is 0 Å². The number of nitrogens with two attached hydrogens (primary N) is 1. The Bertz CT molecular complexity index is 339. The van der Waals surface area contributed by atoms with Crippen LogP contribution in [-0.4, -0.2) is 42.5 Å². The third-order valence-electron chi connectivity index (χ3n) is 3.23. The fraction of sp³-hybridized carbons (Fsp3) is 0.727. The van der Waals surface area contributed by atoms with Crippen LogP contribution in [0.25, 0.3) is 0 Å². The molecule has 0 aliphatic heterocycles. The summed E-state index contributed by atoms with van der Waals surface area (Å²) in [6.45, 7) is 0.0616. The van der Waals surface area contributed by atoms with E-state index in [1.165, 1.54) is 0 Å². The maximum atomic E-state index is 11.4. The number of carboxylic acid groups (broad SMARTS) is 1. The average molecular weight is 257 g/mol. The summed E-state index contributed by atoms with van der Waals surface area (Å²) in [7, 11) is 0. The molecule has 1 aliphatic rings. The smallest absolute Gasteiger partial charge is 0.303 e. The fourth-order valence-electron chi connectivity index (χ4n) is 2.01. The van der Waals surface area contributed by atoms with Gasteiger partial charge in [-0.05, 0) is 18.3 Å². The molecule has 1 aliphatic carbocycles. The van der Waals surface area contributed by atoms with Crippen molar-refractivity contribution >= 4 is 17.8 Å². The minimum absolute atomic E-state index is 0.0719. The van der Waals surface area contributed by atoms with Crippen LogP contribution in [0.3, 0.4) is 0 Å². The van der Waals surface area contributed by atoms with E-state index in [1.807, 2.05) is 0 Å². The van der Waals surface area contributed by atoms with Crippen LogP contribution in [0.2, 0.25) is 0 Å². The predicted octanol–water partition coefficient (Wildman–Crippen LogP) is -1.18. The number of carbonyl (C=O) groups is 3. The molecule has 1 rings (SSSR count). The Balaban J connectivity index is 2.28. The van der Waals surface area contributed by atoms with E-state index in [0.29, 0.717) is 6.54 Å². The van der Waals surface area contributed by atoms with E-state index in [4.69, 9.17) is 10.8 Å². The molecule has 0 radical (unpaired) electrons. The van der Waals surface area contributed by atoms with Crippen molar-refractivity contribution in [3.63, 3.8) is 0 Å².